The van der Waals surface area contributed by atoms with Crippen LogP contribution in [0.15, 0.2) is 24.3 Å². The number of rotatable bonds is 8. The number of carboxylic acids is 1. The van der Waals surface area contributed by atoms with Crippen molar-refractivity contribution in [1.29, 1.82) is 0 Å². The van der Waals surface area contributed by atoms with Gasteiger partial charge in [0.1, 0.15) is 6.04 Å². The molecule has 2 rings (SSSR count). The van der Waals surface area contributed by atoms with Gasteiger partial charge in [-0.2, -0.15) is 0 Å². The van der Waals surface area contributed by atoms with Gasteiger partial charge in [0.05, 0.1) is 0 Å². The molecular weight excluding hydrogens is 330 g/mol. The van der Waals surface area contributed by atoms with Crippen molar-refractivity contribution in [3.63, 3.8) is 0 Å². The second-order valence-electron chi connectivity index (χ2n) is 7.17. The summed E-state index contributed by atoms with van der Waals surface area (Å²) in [4.78, 5) is 28.4. The fourth-order valence-electron chi connectivity index (χ4n) is 3.23. The highest BCUT2D eigenvalue weighted by Gasteiger charge is 2.21. The van der Waals surface area contributed by atoms with Gasteiger partial charge in [-0.3, -0.25) is 9.69 Å². The van der Waals surface area contributed by atoms with Crippen LogP contribution in [-0.2, 0) is 4.79 Å². The van der Waals surface area contributed by atoms with Crippen LogP contribution in [0.1, 0.15) is 50.4 Å². The molecule has 1 aliphatic rings. The highest BCUT2D eigenvalue weighted by molar-refractivity contribution is 5.96. The smallest absolute Gasteiger partial charge is 0.326 e. The van der Waals surface area contributed by atoms with E-state index in [4.69, 9.17) is 0 Å². The van der Waals surface area contributed by atoms with Crippen molar-refractivity contribution in [2.24, 2.45) is 0 Å². The first kappa shape index (κ1) is 20.2. The highest BCUT2D eigenvalue weighted by Crippen LogP contribution is 2.18. The van der Waals surface area contributed by atoms with E-state index in [0.717, 1.165) is 44.7 Å². The van der Waals surface area contributed by atoms with Gasteiger partial charge in [-0.25, -0.2) is 4.79 Å². The summed E-state index contributed by atoms with van der Waals surface area (Å²) < 4.78 is 0. The van der Waals surface area contributed by atoms with E-state index in [-0.39, 0.29) is 5.91 Å². The van der Waals surface area contributed by atoms with Crippen molar-refractivity contribution in [2.75, 3.05) is 31.1 Å². The first-order valence-corrected chi connectivity index (χ1v) is 9.55. The number of hydrogen-bond acceptors (Lipinski definition) is 4. The Morgan fingerprint density at radius 2 is 1.73 bits per heavy atom. The van der Waals surface area contributed by atoms with Gasteiger partial charge in [-0.1, -0.05) is 19.8 Å². The van der Waals surface area contributed by atoms with Gasteiger partial charge in [0.15, 0.2) is 0 Å². The van der Waals surface area contributed by atoms with E-state index in [1.54, 1.807) is 12.1 Å². The molecular formula is C20H31N3O3. The number of anilines is 1. The van der Waals surface area contributed by atoms with Crippen molar-refractivity contribution in [3.05, 3.63) is 29.8 Å². The summed E-state index contributed by atoms with van der Waals surface area (Å²) in [6.45, 7) is 10.5. The molecule has 1 aromatic rings. The second-order valence-corrected chi connectivity index (χ2v) is 7.17. The zero-order valence-corrected chi connectivity index (χ0v) is 16.1. The number of unbranched alkanes of at least 4 members (excludes halogenated alkanes) is 1. The van der Waals surface area contributed by atoms with Crippen LogP contribution in [0.3, 0.4) is 0 Å². The van der Waals surface area contributed by atoms with Crippen molar-refractivity contribution < 1.29 is 14.7 Å². The first-order valence-electron chi connectivity index (χ1n) is 9.55. The second kappa shape index (κ2) is 9.57. The van der Waals surface area contributed by atoms with Crippen molar-refractivity contribution >= 4 is 17.6 Å². The number of benzene rings is 1. The Morgan fingerprint density at radius 3 is 2.23 bits per heavy atom. The number of nitrogens with zero attached hydrogens (tertiary/aromatic N) is 2. The summed E-state index contributed by atoms with van der Waals surface area (Å²) in [5.74, 6) is -1.31. The minimum atomic E-state index is -0.980. The quantitative estimate of drug-likeness (QED) is 0.745. The summed E-state index contributed by atoms with van der Waals surface area (Å²) in [7, 11) is 0. The van der Waals surface area contributed by atoms with Crippen LogP contribution in [-0.4, -0.2) is 60.1 Å². The van der Waals surface area contributed by atoms with E-state index in [1.165, 1.54) is 0 Å². The fraction of sp³-hybridized carbons (Fsp3) is 0.600. The zero-order chi connectivity index (χ0) is 19.1. The molecule has 6 nitrogen and oxygen atoms in total. The van der Waals surface area contributed by atoms with Crippen LogP contribution in [0.25, 0.3) is 0 Å². The third-order valence-corrected chi connectivity index (χ3v) is 4.99. The van der Waals surface area contributed by atoms with Crippen molar-refractivity contribution in [1.82, 2.24) is 10.2 Å². The normalized spacial score (nSPS) is 16.5. The van der Waals surface area contributed by atoms with E-state index >= 15 is 0 Å². The van der Waals surface area contributed by atoms with Gasteiger partial charge in [0.2, 0.25) is 0 Å². The minimum absolute atomic E-state index is 0.329. The van der Waals surface area contributed by atoms with Gasteiger partial charge in [-0.05, 0) is 44.5 Å². The number of amides is 1. The van der Waals surface area contributed by atoms with Gasteiger partial charge in [-0.15, -0.1) is 0 Å². The summed E-state index contributed by atoms with van der Waals surface area (Å²) in [5.41, 5.74) is 1.60. The molecule has 1 aliphatic heterocycles. The van der Waals surface area contributed by atoms with E-state index in [1.807, 2.05) is 19.1 Å². The van der Waals surface area contributed by atoms with E-state index in [9.17, 15) is 14.7 Å². The largest absolute Gasteiger partial charge is 0.480 e. The summed E-state index contributed by atoms with van der Waals surface area (Å²) in [6.07, 6.45) is 2.13. The highest BCUT2D eigenvalue weighted by atomic mass is 16.4. The molecule has 1 amide bonds. The van der Waals surface area contributed by atoms with E-state index in [0.29, 0.717) is 18.0 Å². The van der Waals surface area contributed by atoms with Crippen molar-refractivity contribution in [2.45, 2.75) is 52.1 Å². The van der Waals surface area contributed by atoms with Crippen LogP contribution < -0.4 is 10.2 Å². The molecule has 0 radical (unpaired) electrons. The molecule has 6 heteroatoms. The summed E-state index contributed by atoms with van der Waals surface area (Å²) in [5, 5.41) is 11.9. The molecule has 1 saturated heterocycles. The predicted octanol–water partition coefficient (Wildman–Crippen LogP) is 2.59. The Balaban J connectivity index is 1.94. The van der Waals surface area contributed by atoms with Gasteiger partial charge >= 0.3 is 5.97 Å². The lowest BCUT2D eigenvalue weighted by Gasteiger charge is -2.38. The summed E-state index contributed by atoms with van der Waals surface area (Å²) >= 11 is 0. The predicted molar refractivity (Wildman–Crippen MR) is 104 cm³/mol. The third-order valence-electron chi connectivity index (χ3n) is 4.99. The topological polar surface area (TPSA) is 72.9 Å². The average Bonchev–Trinajstić information content (AvgIpc) is 2.65. The monoisotopic (exact) mass is 361 g/mol. The number of carbonyl (C=O) groups is 2. The molecule has 1 aromatic carbocycles. The Labute approximate surface area is 156 Å². The standard InChI is InChI=1S/C20H31N3O3/c1-4-5-6-18(20(25)26)21-19(24)16-7-9-17(10-8-16)23-13-11-22(12-14-23)15(2)3/h7-10,15,18H,4-6,11-14H2,1-3H3,(H,21,24)(H,25,26)/t18-/m0/s1. The lowest BCUT2D eigenvalue weighted by Crippen LogP contribution is -2.48. The Morgan fingerprint density at radius 1 is 1.12 bits per heavy atom. The lowest BCUT2D eigenvalue weighted by molar-refractivity contribution is -0.139. The number of piperazine rings is 1. The molecule has 0 aliphatic carbocycles. The third kappa shape index (κ3) is 5.46. The number of aliphatic carboxylic acids is 1. The average molecular weight is 361 g/mol. The fourth-order valence-corrected chi connectivity index (χ4v) is 3.23. The van der Waals surface area contributed by atoms with Crippen LogP contribution >= 0.6 is 0 Å². The van der Waals surface area contributed by atoms with E-state index < -0.39 is 12.0 Å². The zero-order valence-electron chi connectivity index (χ0n) is 16.1. The molecule has 1 heterocycles. The van der Waals surface area contributed by atoms with Crippen LogP contribution in [0, 0.1) is 0 Å². The maximum Gasteiger partial charge on any atom is 0.326 e. The molecule has 1 fully saturated rings. The molecule has 0 spiro atoms. The first-order chi connectivity index (χ1) is 12.4. The molecule has 0 aromatic heterocycles. The Bertz CT molecular complexity index is 593. The molecule has 2 N–H and O–H groups in total. The number of nitrogens with one attached hydrogen (secondary N) is 1. The number of carbonyl (C=O) groups excluding carboxylic acids is 1. The van der Waals surface area contributed by atoms with E-state index in [2.05, 4.69) is 29.0 Å². The number of hydrogen-bond donors (Lipinski definition) is 2. The molecule has 144 valence electrons. The van der Waals surface area contributed by atoms with Crippen molar-refractivity contribution in [3.8, 4) is 0 Å². The lowest BCUT2D eigenvalue weighted by atomic mass is 10.1. The minimum Gasteiger partial charge on any atom is -0.480 e. The number of carboxylic acid groups (broad SMARTS) is 1. The maximum absolute atomic E-state index is 12.3. The molecule has 0 bridgehead atoms. The van der Waals surface area contributed by atoms with Gasteiger partial charge < -0.3 is 15.3 Å². The van der Waals surface area contributed by atoms with Gasteiger partial charge in [0, 0.05) is 43.5 Å². The van der Waals surface area contributed by atoms with Crippen LogP contribution in [0.4, 0.5) is 5.69 Å². The molecule has 1 atom stereocenters. The van der Waals surface area contributed by atoms with Crippen LogP contribution in [0.5, 0.6) is 0 Å². The van der Waals surface area contributed by atoms with Crippen LogP contribution in [0.2, 0.25) is 0 Å². The Hall–Kier alpha value is -2.08. The summed E-state index contributed by atoms with van der Waals surface area (Å²) in [6, 6.07) is 7.18. The molecule has 26 heavy (non-hydrogen) atoms. The maximum atomic E-state index is 12.3. The van der Waals surface area contributed by atoms with Gasteiger partial charge in [0.25, 0.3) is 5.91 Å². The molecule has 0 unspecified atom stereocenters. The SMILES string of the molecule is CCCC[C@H](NC(=O)c1ccc(N2CCN(C(C)C)CC2)cc1)C(=O)O. The Kier molecular flexibility index (Phi) is 7.45. The molecule has 0 saturated carbocycles.